The molecule has 2 aromatic heterocycles. The fourth-order valence-corrected chi connectivity index (χ4v) is 7.12. The normalized spacial score (nSPS) is 21.9. The summed E-state index contributed by atoms with van der Waals surface area (Å²) in [7, 11) is 0. The van der Waals surface area contributed by atoms with Crippen molar-refractivity contribution in [3.8, 4) is 22.6 Å². The molecule has 2 aromatic carbocycles. The van der Waals surface area contributed by atoms with Gasteiger partial charge in [0.1, 0.15) is 18.1 Å². The topological polar surface area (TPSA) is 158 Å². The molecule has 0 bridgehead atoms. The van der Waals surface area contributed by atoms with Crippen molar-refractivity contribution < 1.29 is 33.7 Å². The average molecular weight is 668 g/mol. The molecule has 49 heavy (non-hydrogen) atoms. The zero-order chi connectivity index (χ0) is 34.3. The van der Waals surface area contributed by atoms with E-state index in [-0.39, 0.29) is 36.0 Å². The lowest BCUT2D eigenvalue weighted by Gasteiger charge is -2.57. The summed E-state index contributed by atoms with van der Waals surface area (Å²) < 4.78 is 19.0. The quantitative estimate of drug-likeness (QED) is 0.230. The number of rotatable bonds is 10. The highest BCUT2D eigenvalue weighted by atomic mass is 16.5. The van der Waals surface area contributed by atoms with E-state index in [0.29, 0.717) is 60.0 Å². The number of nitrogens with one attached hydrogen (secondary N) is 1. The van der Waals surface area contributed by atoms with E-state index >= 15 is 0 Å². The zero-order valence-electron chi connectivity index (χ0n) is 27.7. The van der Waals surface area contributed by atoms with Crippen molar-refractivity contribution in [3.63, 3.8) is 0 Å². The Kier molecular flexibility index (Phi) is 8.53. The molecule has 3 aliphatic rings. The summed E-state index contributed by atoms with van der Waals surface area (Å²) in [6.45, 7) is 5.67. The Morgan fingerprint density at radius 2 is 1.78 bits per heavy atom. The number of hydrogen-bond donors (Lipinski definition) is 3. The first-order valence-electron chi connectivity index (χ1n) is 16.7. The summed E-state index contributed by atoms with van der Waals surface area (Å²) in [5.41, 5.74) is 8.56. The van der Waals surface area contributed by atoms with Gasteiger partial charge in [-0.05, 0) is 92.5 Å². The zero-order valence-corrected chi connectivity index (χ0v) is 27.7. The Morgan fingerprint density at radius 3 is 2.51 bits per heavy atom. The number of pyridine rings is 1. The second kappa shape index (κ2) is 12.8. The number of carbonyl (C=O) groups excluding carboxylic acids is 3. The number of nitrogens with two attached hydrogens (primary N) is 1. The number of carbonyl (C=O) groups is 3. The van der Waals surface area contributed by atoms with Crippen LogP contribution in [0.4, 0.5) is 0 Å². The van der Waals surface area contributed by atoms with Crippen LogP contribution in [0, 0.1) is 5.41 Å². The van der Waals surface area contributed by atoms with Crippen LogP contribution in [-0.4, -0.2) is 88.0 Å². The van der Waals surface area contributed by atoms with Crippen LogP contribution in [0.25, 0.3) is 16.6 Å². The van der Waals surface area contributed by atoms with Gasteiger partial charge in [-0.1, -0.05) is 18.2 Å². The maximum atomic E-state index is 13.2. The number of aromatic nitrogens is 2. The third-order valence-corrected chi connectivity index (χ3v) is 9.62. The Balaban J connectivity index is 0.951. The van der Waals surface area contributed by atoms with Crippen molar-refractivity contribution in [2.75, 3.05) is 32.9 Å². The minimum Gasteiger partial charge on any atom is -0.490 e. The summed E-state index contributed by atoms with van der Waals surface area (Å²) in [6.07, 6.45) is 6.49. The predicted molar refractivity (Wildman–Crippen MR) is 181 cm³/mol. The van der Waals surface area contributed by atoms with Gasteiger partial charge in [0.2, 0.25) is 0 Å². The first-order valence-corrected chi connectivity index (χ1v) is 16.7. The van der Waals surface area contributed by atoms with Crippen LogP contribution in [0.5, 0.6) is 11.5 Å². The number of benzene rings is 2. The lowest BCUT2D eigenvalue weighted by atomic mass is 9.53. The van der Waals surface area contributed by atoms with Crippen LogP contribution in [0.3, 0.4) is 0 Å². The number of hydrogen-bond acceptors (Lipinski definition) is 8. The fraction of sp³-hybridized carbons (Fsp3) is 0.405. The highest BCUT2D eigenvalue weighted by Crippen LogP contribution is 2.57. The molecule has 4 aromatic rings. The van der Waals surface area contributed by atoms with E-state index in [2.05, 4.69) is 10.4 Å². The predicted octanol–water partition coefficient (Wildman–Crippen LogP) is 3.84. The number of ether oxygens (including phenoxy) is 3. The van der Waals surface area contributed by atoms with Gasteiger partial charge in [-0.15, -0.1) is 0 Å². The maximum absolute atomic E-state index is 13.2. The van der Waals surface area contributed by atoms with E-state index in [0.717, 1.165) is 36.8 Å². The van der Waals surface area contributed by atoms with E-state index in [9.17, 15) is 19.5 Å². The number of amides is 3. The molecule has 2 aliphatic carbocycles. The molecular formula is C37H41N5O7. The molecule has 3 fully saturated rings. The molecule has 1 saturated heterocycles. The second-order valence-corrected chi connectivity index (χ2v) is 14.1. The molecule has 7 rings (SSSR count). The monoisotopic (exact) mass is 667 g/mol. The van der Waals surface area contributed by atoms with Crippen molar-refractivity contribution in [2.45, 2.75) is 57.3 Å². The van der Waals surface area contributed by atoms with E-state index in [1.54, 1.807) is 53.9 Å². The van der Waals surface area contributed by atoms with Gasteiger partial charge < -0.3 is 35.3 Å². The van der Waals surface area contributed by atoms with Gasteiger partial charge in [-0.3, -0.25) is 14.4 Å². The molecule has 3 amide bonds. The van der Waals surface area contributed by atoms with Crippen LogP contribution in [0.2, 0.25) is 0 Å². The molecule has 4 N–H and O–H groups in total. The van der Waals surface area contributed by atoms with Gasteiger partial charge in [-0.2, -0.15) is 5.10 Å². The van der Waals surface area contributed by atoms with E-state index in [1.807, 2.05) is 36.4 Å². The van der Waals surface area contributed by atoms with Crippen LogP contribution in [0.1, 0.15) is 70.6 Å². The molecular weight excluding hydrogens is 626 g/mol. The van der Waals surface area contributed by atoms with Gasteiger partial charge >= 0.3 is 0 Å². The molecule has 12 heteroatoms. The van der Waals surface area contributed by atoms with Crippen molar-refractivity contribution >= 4 is 23.2 Å². The van der Waals surface area contributed by atoms with Crippen molar-refractivity contribution in [2.24, 2.45) is 11.1 Å². The molecule has 0 radical (unpaired) electrons. The largest absolute Gasteiger partial charge is 0.490 e. The minimum absolute atomic E-state index is 0.0351. The maximum Gasteiger partial charge on any atom is 0.255 e. The van der Waals surface area contributed by atoms with Crippen LogP contribution in [-0.2, 0) is 4.74 Å². The molecule has 3 heterocycles. The highest BCUT2D eigenvalue weighted by molar-refractivity contribution is 6.01. The van der Waals surface area contributed by atoms with Crippen molar-refractivity contribution in [3.05, 3.63) is 83.7 Å². The van der Waals surface area contributed by atoms with Crippen LogP contribution < -0.4 is 20.5 Å². The van der Waals surface area contributed by atoms with Gasteiger partial charge in [0.15, 0.2) is 0 Å². The number of fused-ring (bicyclic) bond motifs is 1. The summed E-state index contributed by atoms with van der Waals surface area (Å²) >= 11 is 0. The third kappa shape index (κ3) is 6.97. The van der Waals surface area contributed by atoms with Crippen LogP contribution in [0.15, 0.2) is 67.0 Å². The number of morpholine rings is 1. The smallest absolute Gasteiger partial charge is 0.255 e. The minimum atomic E-state index is -0.964. The molecule has 1 aliphatic heterocycles. The first-order chi connectivity index (χ1) is 23.5. The van der Waals surface area contributed by atoms with Crippen molar-refractivity contribution in [1.82, 2.24) is 19.8 Å². The average Bonchev–Trinajstić information content (AvgIpc) is 3.48. The number of nitrogens with zero attached hydrogens (tertiary/aromatic N) is 3. The van der Waals surface area contributed by atoms with Gasteiger partial charge in [-0.25, -0.2) is 4.52 Å². The van der Waals surface area contributed by atoms with E-state index in [1.165, 1.54) is 0 Å². The van der Waals surface area contributed by atoms with E-state index in [4.69, 9.17) is 19.9 Å². The summed E-state index contributed by atoms with van der Waals surface area (Å²) in [6, 6.07) is 16.4. The van der Waals surface area contributed by atoms with Gasteiger partial charge in [0.05, 0.1) is 54.0 Å². The lowest BCUT2D eigenvalue weighted by Crippen LogP contribution is -2.58. The second-order valence-electron chi connectivity index (χ2n) is 14.1. The summed E-state index contributed by atoms with van der Waals surface area (Å²) in [5, 5.41) is 17.4. The van der Waals surface area contributed by atoms with Gasteiger partial charge in [0, 0.05) is 24.7 Å². The van der Waals surface area contributed by atoms with E-state index < -0.39 is 11.5 Å². The number of aliphatic hydroxyl groups is 1. The molecule has 0 atom stereocenters. The Morgan fingerprint density at radius 1 is 1.02 bits per heavy atom. The SMILES string of the molecule is CC(C)(O)COc1ccc2c(C(=O)NC3CC4(C3)CC(Oc3cc(-c5cccc(C(=O)N6CCOCC6)c5)ccc3C(N)=O)C4)cnn2c1. The molecule has 256 valence electrons. The summed E-state index contributed by atoms with van der Waals surface area (Å²) in [5.74, 6) is 0.203. The highest BCUT2D eigenvalue weighted by Gasteiger charge is 2.54. The summed E-state index contributed by atoms with van der Waals surface area (Å²) in [4.78, 5) is 40.3. The molecule has 0 unspecified atom stereocenters. The molecule has 1 spiro atoms. The molecule has 12 nitrogen and oxygen atoms in total. The number of primary amides is 1. The van der Waals surface area contributed by atoms with Crippen LogP contribution >= 0.6 is 0 Å². The lowest BCUT2D eigenvalue weighted by molar-refractivity contribution is -0.0834. The Bertz CT molecular complexity index is 1890. The first kappa shape index (κ1) is 32.6. The molecule has 2 saturated carbocycles. The Hall–Kier alpha value is -4.94. The van der Waals surface area contributed by atoms with Crippen molar-refractivity contribution in [1.29, 1.82) is 0 Å². The fourth-order valence-electron chi connectivity index (χ4n) is 7.12. The standard InChI is InChI=1S/C37H41N5O7/c1-36(2,46)22-48-27-7-9-31-30(20-39-42(31)21-27)34(44)40-26-16-37(17-26)18-28(19-37)49-32-15-24(6-8-29(32)33(38)43)23-4-3-5-25(14-23)35(45)41-10-12-47-13-11-41/h3-9,14-15,20-21,26,28,46H,10-13,16-19,22H2,1-2H3,(H2,38,43)(H,40,44). The third-order valence-electron chi connectivity index (χ3n) is 9.62. The van der Waals surface area contributed by atoms with Gasteiger partial charge in [0.25, 0.3) is 17.7 Å². The Labute approximate surface area is 284 Å².